The number of aliphatic hydroxyl groups excluding tert-OH is 1. The number of rotatable bonds is 15. The smallest absolute Gasteiger partial charge is 0.306 e. The van der Waals surface area contributed by atoms with Crippen molar-refractivity contribution in [1.82, 2.24) is 0 Å². The van der Waals surface area contributed by atoms with Crippen LogP contribution in [0.5, 0.6) is 0 Å². The Morgan fingerprint density at radius 1 is 0.778 bits per heavy atom. The van der Waals surface area contributed by atoms with E-state index in [0.29, 0.717) is 31.5 Å². The van der Waals surface area contributed by atoms with Crippen LogP contribution in [0.2, 0.25) is 0 Å². The van der Waals surface area contributed by atoms with Gasteiger partial charge in [-0.25, -0.2) is 0 Å². The lowest BCUT2D eigenvalue weighted by atomic mass is 9.99. The molecule has 2 saturated heterocycles. The number of hydrogen-bond acceptors (Lipinski definition) is 4. The maximum Gasteiger partial charge on any atom is 0.306 e. The highest BCUT2D eigenvalue weighted by Crippen LogP contribution is 2.21. The summed E-state index contributed by atoms with van der Waals surface area (Å²) in [5.74, 6) is 0.977. The summed E-state index contributed by atoms with van der Waals surface area (Å²) in [7, 11) is 0. The van der Waals surface area contributed by atoms with Crippen LogP contribution in [0.1, 0.15) is 103 Å². The van der Waals surface area contributed by atoms with Gasteiger partial charge in [0.25, 0.3) is 0 Å². The molecule has 0 amide bonds. The van der Waals surface area contributed by atoms with E-state index in [1.54, 1.807) is 0 Å². The first-order chi connectivity index (χ1) is 13.3. The van der Waals surface area contributed by atoms with Crippen molar-refractivity contribution in [3.05, 3.63) is 0 Å². The summed E-state index contributed by atoms with van der Waals surface area (Å²) in [6.07, 6.45) is 20.1. The maximum absolute atomic E-state index is 11.0. The standard InChI is InChI=1S/C19H36O2.C4H8O2/c1-2-3-4-5-6-7-8-9-10-11-12-13-14-15-18-16-19(20)21-17-18;5-1-4-2-6-3-4/h18H,2-17H2,1H3;4-5H,1-3H2. The molecule has 27 heavy (non-hydrogen) atoms. The van der Waals surface area contributed by atoms with E-state index in [2.05, 4.69) is 6.92 Å². The van der Waals surface area contributed by atoms with Gasteiger partial charge in [0.05, 0.1) is 32.8 Å². The fourth-order valence-corrected chi connectivity index (χ4v) is 3.59. The van der Waals surface area contributed by atoms with Gasteiger partial charge in [-0.1, -0.05) is 90.4 Å². The van der Waals surface area contributed by atoms with Crippen LogP contribution in [-0.4, -0.2) is 37.5 Å². The zero-order valence-electron chi connectivity index (χ0n) is 17.8. The van der Waals surface area contributed by atoms with Crippen LogP contribution < -0.4 is 0 Å². The van der Waals surface area contributed by atoms with Crippen molar-refractivity contribution >= 4 is 5.97 Å². The Bertz CT molecular complexity index is 339. The summed E-state index contributed by atoms with van der Waals surface area (Å²) in [6.45, 7) is 4.77. The molecule has 4 nitrogen and oxygen atoms in total. The molecule has 0 radical (unpaired) electrons. The second kappa shape index (κ2) is 17.5. The largest absolute Gasteiger partial charge is 0.465 e. The van der Waals surface area contributed by atoms with Crippen LogP contribution in [-0.2, 0) is 14.3 Å². The predicted octanol–water partition coefficient (Wildman–Crippen LogP) is 5.66. The molecule has 0 aromatic heterocycles. The summed E-state index contributed by atoms with van der Waals surface area (Å²) >= 11 is 0. The molecule has 0 aromatic rings. The molecule has 160 valence electrons. The third-order valence-electron chi connectivity index (χ3n) is 5.62. The molecule has 2 heterocycles. The molecule has 4 heteroatoms. The average molecular weight is 385 g/mol. The molecule has 1 unspecified atom stereocenters. The van der Waals surface area contributed by atoms with E-state index in [0.717, 1.165) is 13.2 Å². The van der Waals surface area contributed by atoms with E-state index >= 15 is 0 Å². The molecule has 2 fully saturated rings. The van der Waals surface area contributed by atoms with Crippen LogP contribution in [0.4, 0.5) is 0 Å². The fraction of sp³-hybridized carbons (Fsp3) is 0.957. The highest BCUT2D eigenvalue weighted by atomic mass is 16.5. The van der Waals surface area contributed by atoms with Crippen molar-refractivity contribution in [2.24, 2.45) is 11.8 Å². The van der Waals surface area contributed by atoms with E-state index in [1.165, 1.54) is 89.9 Å². The minimum atomic E-state index is 0.00898. The third kappa shape index (κ3) is 14.1. The quantitative estimate of drug-likeness (QED) is 0.292. The number of ether oxygens (including phenoxy) is 2. The van der Waals surface area contributed by atoms with Crippen LogP contribution in [0, 0.1) is 11.8 Å². The van der Waals surface area contributed by atoms with Gasteiger partial charge in [0.2, 0.25) is 0 Å². The molecule has 0 aliphatic carbocycles. The highest BCUT2D eigenvalue weighted by molar-refractivity contribution is 5.71. The number of carbonyl (C=O) groups excluding carboxylic acids is 1. The lowest BCUT2D eigenvalue weighted by Crippen LogP contribution is -2.30. The van der Waals surface area contributed by atoms with Crippen LogP contribution in [0.25, 0.3) is 0 Å². The maximum atomic E-state index is 11.0. The summed E-state index contributed by atoms with van der Waals surface area (Å²) in [4.78, 5) is 11.0. The van der Waals surface area contributed by atoms with Crippen molar-refractivity contribution in [1.29, 1.82) is 0 Å². The topological polar surface area (TPSA) is 55.8 Å². The molecule has 0 bridgehead atoms. The molecule has 0 aromatic carbocycles. The molecule has 0 saturated carbocycles. The number of hydrogen-bond donors (Lipinski definition) is 1. The summed E-state index contributed by atoms with van der Waals surface area (Å²) in [5, 5.41) is 8.31. The Hall–Kier alpha value is -0.610. The molecular formula is C23H44O4. The summed E-state index contributed by atoms with van der Waals surface area (Å²) in [5.41, 5.74) is 0. The lowest BCUT2D eigenvalue weighted by molar-refractivity contribution is -0.137. The van der Waals surface area contributed by atoms with Crippen LogP contribution >= 0.6 is 0 Å². The van der Waals surface area contributed by atoms with E-state index in [1.807, 2.05) is 0 Å². The molecule has 2 rings (SSSR count). The van der Waals surface area contributed by atoms with Gasteiger partial charge in [-0.3, -0.25) is 4.79 Å². The number of unbranched alkanes of at least 4 members (excludes halogenated alkanes) is 12. The molecule has 1 N–H and O–H groups in total. The van der Waals surface area contributed by atoms with Crippen LogP contribution in [0.15, 0.2) is 0 Å². The van der Waals surface area contributed by atoms with Gasteiger partial charge >= 0.3 is 5.97 Å². The second-order valence-electron chi connectivity index (χ2n) is 8.37. The van der Waals surface area contributed by atoms with E-state index in [4.69, 9.17) is 14.6 Å². The zero-order valence-corrected chi connectivity index (χ0v) is 17.8. The number of esters is 1. The van der Waals surface area contributed by atoms with Crippen molar-refractivity contribution in [3.8, 4) is 0 Å². The minimum absolute atomic E-state index is 0.00898. The highest BCUT2D eigenvalue weighted by Gasteiger charge is 2.22. The first kappa shape index (κ1) is 24.4. The average Bonchev–Trinajstić information content (AvgIpc) is 3.04. The van der Waals surface area contributed by atoms with Gasteiger partial charge in [0.1, 0.15) is 0 Å². The second-order valence-corrected chi connectivity index (χ2v) is 8.37. The Balaban J connectivity index is 0.000000511. The van der Waals surface area contributed by atoms with Gasteiger partial charge in [-0.2, -0.15) is 0 Å². The number of carbonyl (C=O) groups is 1. The Morgan fingerprint density at radius 3 is 1.63 bits per heavy atom. The third-order valence-corrected chi connectivity index (χ3v) is 5.62. The predicted molar refractivity (Wildman–Crippen MR) is 111 cm³/mol. The minimum Gasteiger partial charge on any atom is -0.465 e. The van der Waals surface area contributed by atoms with Crippen molar-refractivity contribution < 1.29 is 19.4 Å². The zero-order chi connectivity index (χ0) is 19.6. The van der Waals surface area contributed by atoms with Gasteiger partial charge < -0.3 is 14.6 Å². The first-order valence-electron chi connectivity index (χ1n) is 11.6. The molecule has 2 aliphatic rings. The van der Waals surface area contributed by atoms with Crippen molar-refractivity contribution in [2.45, 2.75) is 103 Å². The van der Waals surface area contributed by atoms with E-state index < -0.39 is 0 Å². The van der Waals surface area contributed by atoms with Crippen molar-refractivity contribution in [2.75, 3.05) is 26.4 Å². The molecular weight excluding hydrogens is 340 g/mol. The molecule has 0 spiro atoms. The molecule has 2 aliphatic heterocycles. The molecule has 1 atom stereocenters. The Morgan fingerprint density at radius 2 is 1.30 bits per heavy atom. The number of cyclic esters (lactones) is 1. The SMILES string of the molecule is CCCCCCCCCCCCCCCC1COC(=O)C1.OCC1COC1. The van der Waals surface area contributed by atoms with Gasteiger partial charge in [-0.15, -0.1) is 0 Å². The van der Waals surface area contributed by atoms with Gasteiger partial charge in [0, 0.05) is 11.8 Å². The van der Waals surface area contributed by atoms with Gasteiger partial charge in [-0.05, 0) is 6.42 Å². The van der Waals surface area contributed by atoms with Gasteiger partial charge in [0.15, 0.2) is 0 Å². The Labute approximate surface area is 167 Å². The lowest BCUT2D eigenvalue weighted by Gasteiger charge is -2.22. The fourth-order valence-electron chi connectivity index (χ4n) is 3.59. The normalized spacial score (nSPS) is 19.3. The van der Waals surface area contributed by atoms with E-state index in [9.17, 15) is 4.79 Å². The number of aliphatic hydroxyl groups is 1. The van der Waals surface area contributed by atoms with Crippen molar-refractivity contribution in [3.63, 3.8) is 0 Å². The first-order valence-corrected chi connectivity index (χ1v) is 11.6. The Kier molecular flexibility index (Phi) is 15.8. The monoisotopic (exact) mass is 384 g/mol. The van der Waals surface area contributed by atoms with E-state index in [-0.39, 0.29) is 5.97 Å². The summed E-state index contributed by atoms with van der Waals surface area (Å²) < 4.78 is 9.76. The van der Waals surface area contributed by atoms with Crippen LogP contribution in [0.3, 0.4) is 0 Å². The summed E-state index contributed by atoms with van der Waals surface area (Å²) in [6, 6.07) is 0.